The van der Waals surface area contributed by atoms with E-state index in [9.17, 15) is 0 Å². The van der Waals surface area contributed by atoms with E-state index in [0.29, 0.717) is 0 Å². The minimum Gasteiger partial charge on any atom is -0.497 e. The van der Waals surface area contributed by atoms with Gasteiger partial charge in [0.25, 0.3) is 0 Å². The van der Waals surface area contributed by atoms with Gasteiger partial charge in [0.05, 0.1) is 20.3 Å². The maximum absolute atomic E-state index is 5.33. The zero-order valence-electron chi connectivity index (χ0n) is 11.0. The molecule has 0 heterocycles. The Morgan fingerprint density at radius 3 is 2.53 bits per heavy atom. The van der Waals surface area contributed by atoms with Crippen LogP contribution in [0.3, 0.4) is 0 Å². The molecule has 0 saturated heterocycles. The zero-order chi connectivity index (χ0) is 12.7. The van der Waals surface area contributed by atoms with Crippen molar-refractivity contribution < 1.29 is 14.2 Å². The van der Waals surface area contributed by atoms with Gasteiger partial charge in [-0.15, -0.1) is 0 Å². The number of hydrogen-bond acceptors (Lipinski definition) is 3. The van der Waals surface area contributed by atoms with Gasteiger partial charge < -0.3 is 14.2 Å². The lowest BCUT2D eigenvalue weighted by Gasteiger charge is -2.11. The van der Waals surface area contributed by atoms with Gasteiger partial charge in [-0.25, -0.2) is 0 Å². The van der Waals surface area contributed by atoms with Crippen molar-refractivity contribution in [3.05, 3.63) is 30.2 Å². The molecule has 0 spiro atoms. The van der Waals surface area contributed by atoms with Gasteiger partial charge in [0, 0.05) is 13.2 Å². The fraction of sp³-hybridized carbons (Fsp3) is 0.500. The lowest BCUT2D eigenvalue weighted by molar-refractivity contribution is 0.111. The first kappa shape index (κ1) is 13.8. The standard InChI is InChI=1S/C14H21O3/c1-11(15-2)6-5-7-12-8-9-13(16-3)10-14(12)17-4/h7-11H,5-6H2,1-4H3. The Kier molecular flexibility index (Phi) is 5.84. The average molecular weight is 237 g/mol. The number of methoxy groups -OCH3 is 3. The van der Waals surface area contributed by atoms with E-state index >= 15 is 0 Å². The SMILES string of the molecule is COc1ccc([CH]CCC(C)OC)c(OC)c1. The van der Waals surface area contributed by atoms with Gasteiger partial charge in [-0.1, -0.05) is 6.07 Å². The molecule has 0 N–H and O–H groups in total. The molecule has 1 aromatic carbocycles. The van der Waals surface area contributed by atoms with Crippen LogP contribution < -0.4 is 9.47 Å². The summed E-state index contributed by atoms with van der Waals surface area (Å²) in [5, 5.41) is 0. The second-order valence-corrected chi connectivity index (χ2v) is 3.94. The molecule has 0 aliphatic heterocycles. The average Bonchev–Trinajstić information content (AvgIpc) is 2.38. The molecule has 1 unspecified atom stereocenters. The molecule has 1 rings (SSSR count). The monoisotopic (exact) mass is 237 g/mol. The normalized spacial score (nSPS) is 12.2. The summed E-state index contributed by atoms with van der Waals surface area (Å²) in [6.45, 7) is 2.07. The predicted molar refractivity (Wildman–Crippen MR) is 68.7 cm³/mol. The summed E-state index contributed by atoms with van der Waals surface area (Å²) >= 11 is 0. The third-order valence-corrected chi connectivity index (χ3v) is 2.78. The summed E-state index contributed by atoms with van der Waals surface area (Å²) < 4.78 is 15.7. The molecule has 0 aliphatic carbocycles. The van der Waals surface area contributed by atoms with Gasteiger partial charge in [-0.3, -0.25) is 0 Å². The molecule has 0 bridgehead atoms. The van der Waals surface area contributed by atoms with E-state index in [0.717, 1.165) is 29.9 Å². The van der Waals surface area contributed by atoms with Crippen LogP contribution in [0, 0.1) is 6.42 Å². The van der Waals surface area contributed by atoms with Crippen LogP contribution in [0.1, 0.15) is 25.3 Å². The summed E-state index contributed by atoms with van der Waals surface area (Å²) in [4.78, 5) is 0. The van der Waals surface area contributed by atoms with Crippen LogP contribution in [-0.4, -0.2) is 27.4 Å². The Morgan fingerprint density at radius 1 is 1.18 bits per heavy atom. The van der Waals surface area contributed by atoms with Crippen LogP contribution in [0.4, 0.5) is 0 Å². The lowest BCUT2D eigenvalue weighted by atomic mass is 10.1. The molecule has 3 heteroatoms. The maximum Gasteiger partial charge on any atom is 0.126 e. The highest BCUT2D eigenvalue weighted by Crippen LogP contribution is 2.27. The van der Waals surface area contributed by atoms with Crippen molar-refractivity contribution >= 4 is 0 Å². The van der Waals surface area contributed by atoms with Crippen molar-refractivity contribution in [2.45, 2.75) is 25.9 Å². The van der Waals surface area contributed by atoms with E-state index in [2.05, 4.69) is 13.3 Å². The fourth-order valence-electron chi connectivity index (χ4n) is 1.58. The molecule has 1 radical (unpaired) electrons. The first-order valence-corrected chi connectivity index (χ1v) is 5.79. The van der Waals surface area contributed by atoms with E-state index in [1.807, 2.05) is 18.2 Å². The van der Waals surface area contributed by atoms with Gasteiger partial charge in [0.2, 0.25) is 0 Å². The highest BCUT2D eigenvalue weighted by molar-refractivity contribution is 5.44. The summed E-state index contributed by atoms with van der Waals surface area (Å²) in [5.41, 5.74) is 1.09. The van der Waals surface area contributed by atoms with Gasteiger partial charge >= 0.3 is 0 Å². The van der Waals surface area contributed by atoms with Crippen LogP contribution >= 0.6 is 0 Å². The van der Waals surface area contributed by atoms with Crippen LogP contribution in [0.5, 0.6) is 11.5 Å². The minimum atomic E-state index is 0.287. The molecular formula is C14H21O3. The second-order valence-electron chi connectivity index (χ2n) is 3.94. The summed E-state index contributed by atoms with van der Waals surface area (Å²) in [5.74, 6) is 1.65. The van der Waals surface area contributed by atoms with E-state index in [4.69, 9.17) is 14.2 Å². The number of rotatable bonds is 7. The Morgan fingerprint density at radius 2 is 1.94 bits per heavy atom. The van der Waals surface area contributed by atoms with Gasteiger partial charge in [0.15, 0.2) is 0 Å². The molecule has 0 amide bonds. The summed E-state index contributed by atoms with van der Waals surface area (Å²) in [6.07, 6.45) is 4.42. The molecule has 0 saturated carbocycles. The zero-order valence-corrected chi connectivity index (χ0v) is 11.0. The van der Waals surface area contributed by atoms with Crippen LogP contribution in [-0.2, 0) is 4.74 Å². The molecular weight excluding hydrogens is 216 g/mol. The quantitative estimate of drug-likeness (QED) is 0.729. The van der Waals surface area contributed by atoms with E-state index < -0.39 is 0 Å². The molecule has 1 aromatic rings. The summed E-state index contributed by atoms with van der Waals surface area (Å²) in [7, 11) is 5.06. The maximum atomic E-state index is 5.33. The van der Waals surface area contributed by atoms with Crippen LogP contribution in [0.2, 0.25) is 0 Å². The minimum absolute atomic E-state index is 0.287. The smallest absolute Gasteiger partial charge is 0.126 e. The van der Waals surface area contributed by atoms with Crippen molar-refractivity contribution in [2.24, 2.45) is 0 Å². The second kappa shape index (κ2) is 7.17. The Hall–Kier alpha value is -1.22. The van der Waals surface area contributed by atoms with E-state index in [1.54, 1.807) is 21.3 Å². The third-order valence-electron chi connectivity index (χ3n) is 2.78. The highest BCUT2D eigenvalue weighted by atomic mass is 16.5. The van der Waals surface area contributed by atoms with E-state index in [-0.39, 0.29) is 6.10 Å². The molecule has 0 fully saturated rings. The number of benzene rings is 1. The molecule has 17 heavy (non-hydrogen) atoms. The molecule has 3 nitrogen and oxygen atoms in total. The lowest BCUT2D eigenvalue weighted by Crippen LogP contribution is -2.04. The topological polar surface area (TPSA) is 27.7 Å². The van der Waals surface area contributed by atoms with Crippen molar-refractivity contribution in [3.63, 3.8) is 0 Å². The van der Waals surface area contributed by atoms with Gasteiger partial charge in [0.1, 0.15) is 11.5 Å². The van der Waals surface area contributed by atoms with E-state index in [1.165, 1.54) is 0 Å². The number of ether oxygens (including phenoxy) is 3. The Balaban J connectivity index is 2.58. The first-order chi connectivity index (χ1) is 8.21. The molecule has 0 aromatic heterocycles. The van der Waals surface area contributed by atoms with Crippen LogP contribution in [0.25, 0.3) is 0 Å². The summed E-state index contributed by atoms with van der Waals surface area (Å²) in [6, 6.07) is 5.84. The van der Waals surface area contributed by atoms with Crippen molar-refractivity contribution in [2.75, 3.05) is 21.3 Å². The highest BCUT2D eigenvalue weighted by Gasteiger charge is 2.06. The third kappa shape index (κ3) is 4.27. The van der Waals surface area contributed by atoms with Gasteiger partial charge in [-0.2, -0.15) is 0 Å². The van der Waals surface area contributed by atoms with Crippen molar-refractivity contribution in [3.8, 4) is 11.5 Å². The largest absolute Gasteiger partial charge is 0.497 e. The Labute approximate surface area is 104 Å². The molecule has 1 atom stereocenters. The fourth-order valence-corrected chi connectivity index (χ4v) is 1.58. The van der Waals surface area contributed by atoms with Crippen molar-refractivity contribution in [1.29, 1.82) is 0 Å². The molecule has 95 valence electrons. The first-order valence-electron chi connectivity index (χ1n) is 5.79. The molecule has 0 aliphatic rings. The van der Waals surface area contributed by atoms with Gasteiger partial charge in [-0.05, 0) is 37.8 Å². The number of hydrogen-bond donors (Lipinski definition) is 0. The Bertz CT molecular complexity index is 336. The van der Waals surface area contributed by atoms with Crippen molar-refractivity contribution in [1.82, 2.24) is 0 Å². The predicted octanol–water partition coefficient (Wildman–Crippen LogP) is 3.07. The van der Waals surface area contributed by atoms with Crippen LogP contribution in [0.15, 0.2) is 18.2 Å².